The van der Waals surface area contributed by atoms with Crippen LogP contribution >= 0.6 is 22.9 Å². The van der Waals surface area contributed by atoms with Crippen molar-refractivity contribution >= 4 is 45.9 Å². The molecule has 0 amide bonds. The molecule has 0 bridgehead atoms. The van der Waals surface area contributed by atoms with Gasteiger partial charge in [0.25, 0.3) is 5.56 Å². The normalized spacial score (nSPS) is 15.0. The maximum absolute atomic E-state index is 14.3. The van der Waals surface area contributed by atoms with Crippen LogP contribution in [0.15, 0.2) is 87.8 Å². The van der Waals surface area contributed by atoms with Crippen LogP contribution in [0, 0.1) is 0 Å². The molecule has 0 saturated carbocycles. The number of H-pyrrole nitrogens is 1. The van der Waals surface area contributed by atoms with E-state index in [9.17, 15) is 9.59 Å². The molecule has 10 heteroatoms. The first-order valence-electron chi connectivity index (χ1n) is 13.0. The molecule has 0 saturated heterocycles. The number of hydrogen-bond donors (Lipinski definition) is 1. The van der Waals surface area contributed by atoms with E-state index in [1.54, 1.807) is 32.2 Å². The third-order valence-corrected chi connectivity index (χ3v) is 8.52. The molecule has 8 nitrogen and oxygen atoms in total. The average molecular weight is 600 g/mol. The summed E-state index contributed by atoms with van der Waals surface area (Å²) in [6, 6.07) is 19.9. The number of esters is 1. The number of methoxy groups -OCH3 is 3. The van der Waals surface area contributed by atoms with Crippen molar-refractivity contribution in [3.8, 4) is 22.8 Å². The zero-order chi connectivity index (χ0) is 29.5. The van der Waals surface area contributed by atoms with Crippen LogP contribution in [-0.4, -0.2) is 36.8 Å². The first-order valence-corrected chi connectivity index (χ1v) is 14.2. The smallest absolute Gasteiger partial charge is 0.338 e. The summed E-state index contributed by atoms with van der Waals surface area (Å²) in [5.41, 5.74) is 4.49. The Bertz CT molecular complexity index is 2070. The minimum absolute atomic E-state index is 0.235. The summed E-state index contributed by atoms with van der Waals surface area (Å²) in [6.07, 6.45) is 1.87. The first kappa shape index (κ1) is 27.6. The Labute approximate surface area is 249 Å². The molecule has 2 aromatic heterocycles. The van der Waals surface area contributed by atoms with Gasteiger partial charge in [0.15, 0.2) is 4.80 Å². The lowest BCUT2D eigenvalue weighted by atomic mass is 9.95. The fourth-order valence-electron chi connectivity index (χ4n) is 5.34. The Morgan fingerprint density at radius 1 is 1.05 bits per heavy atom. The number of halogens is 1. The third-order valence-electron chi connectivity index (χ3n) is 7.30. The van der Waals surface area contributed by atoms with E-state index in [2.05, 4.69) is 9.98 Å². The van der Waals surface area contributed by atoms with E-state index < -0.39 is 12.0 Å². The molecular formula is C32H26ClN3O5S. The van der Waals surface area contributed by atoms with Gasteiger partial charge in [-0.15, -0.1) is 0 Å². The Kier molecular flexibility index (Phi) is 7.22. The van der Waals surface area contributed by atoms with E-state index in [-0.39, 0.29) is 11.1 Å². The molecule has 1 aliphatic rings. The minimum atomic E-state index is -0.860. The molecule has 0 radical (unpaired) electrons. The molecule has 5 aromatic rings. The molecule has 1 aliphatic heterocycles. The van der Waals surface area contributed by atoms with Gasteiger partial charge in [0.1, 0.15) is 17.5 Å². The first-order chi connectivity index (χ1) is 20.3. The summed E-state index contributed by atoms with van der Waals surface area (Å²) in [5, 5.41) is 1.34. The second kappa shape index (κ2) is 11.0. The van der Waals surface area contributed by atoms with Crippen LogP contribution in [0.25, 0.3) is 28.2 Å². The Morgan fingerprint density at radius 3 is 2.55 bits per heavy atom. The zero-order valence-electron chi connectivity index (χ0n) is 23.2. The predicted octanol–water partition coefficient (Wildman–Crippen LogP) is 5.23. The number of ether oxygens (including phenoxy) is 3. The highest BCUT2D eigenvalue weighted by atomic mass is 35.5. The summed E-state index contributed by atoms with van der Waals surface area (Å²) in [4.78, 5) is 36.0. The number of carbonyl (C=O) groups excluding carboxylic acids is 1. The van der Waals surface area contributed by atoms with Crippen molar-refractivity contribution in [3.63, 3.8) is 0 Å². The molecule has 212 valence electrons. The Hall–Kier alpha value is -4.60. The number of benzene rings is 3. The number of thiazole rings is 1. The van der Waals surface area contributed by atoms with Crippen LogP contribution in [0.5, 0.6) is 11.5 Å². The molecule has 0 fully saturated rings. The van der Waals surface area contributed by atoms with Crippen molar-refractivity contribution in [2.75, 3.05) is 21.3 Å². The van der Waals surface area contributed by atoms with E-state index in [0.717, 1.165) is 27.7 Å². The van der Waals surface area contributed by atoms with Crippen molar-refractivity contribution in [3.05, 3.63) is 114 Å². The molecule has 0 aliphatic carbocycles. The molecule has 42 heavy (non-hydrogen) atoms. The summed E-state index contributed by atoms with van der Waals surface area (Å²) in [7, 11) is 4.45. The quantitative estimate of drug-likeness (QED) is 0.270. The van der Waals surface area contributed by atoms with E-state index in [1.807, 2.05) is 54.6 Å². The lowest BCUT2D eigenvalue weighted by molar-refractivity contribution is -0.136. The maximum atomic E-state index is 14.3. The lowest BCUT2D eigenvalue weighted by Crippen LogP contribution is -2.40. The van der Waals surface area contributed by atoms with Gasteiger partial charge < -0.3 is 19.2 Å². The van der Waals surface area contributed by atoms with Gasteiger partial charge in [-0.05, 0) is 55.0 Å². The SMILES string of the molecule is COC(=O)C1=C(C)N=c2s/c(=C\c3c(-c4ccccc4)[nH]c4ccc(OC)cc34)c(=O)n2[C@@H]1c1cc(Cl)ccc1OC. The second-order valence-electron chi connectivity index (χ2n) is 9.65. The van der Waals surface area contributed by atoms with Crippen LogP contribution in [0.2, 0.25) is 5.02 Å². The van der Waals surface area contributed by atoms with Gasteiger partial charge in [-0.25, -0.2) is 9.79 Å². The summed E-state index contributed by atoms with van der Waals surface area (Å²) in [6.45, 7) is 1.73. The summed E-state index contributed by atoms with van der Waals surface area (Å²) >= 11 is 7.64. The number of carbonyl (C=O) groups is 1. The van der Waals surface area contributed by atoms with Crippen LogP contribution in [0.4, 0.5) is 0 Å². The van der Waals surface area contributed by atoms with Crippen LogP contribution in [-0.2, 0) is 9.53 Å². The van der Waals surface area contributed by atoms with Crippen LogP contribution in [0.3, 0.4) is 0 Å². The minimum Gasteiger partial charge on any atom is -0.497 e. The maximum Gasteiger partial charge on any atom is 0.338 e. The third kappa shape index (κ3) is 4.60. The molecule has 3 aromatic carbocycles. The monoisotopic (exact) mass is 599 g/mol. The average Bonchev–Trinajstić information content (AvgIpc) is 3.52. The van der Waals surface area contributed by atoms with Gasteiger partial charge in [-0.1, -0.05) is 53.3 Å². The highest BCUT2D eigenvalue weighted by Crippen LogP contribution is 2.37. The van der Waals surface area contributed by atoms with E-state index in [1.165, 1.54) is 30.1 Å². The zero-order valence-corrected chi connectivity index (χ0v) is 24.8. The van der Waals surface area contributed by atoms with E-state index in [0.29, 0.717) is 37.1 Å². The van der Waals surface area contributed by atoms with Gasteiger partial charge in [0, 0.05) is 27.1 Å². The highest BCUT2D eigenvalue weighted by molar-refractivity contribution is 7.07. The number of hydrogen-bond acceptors (Lipinski definition) is 7. The number of nitrogens with one attached hydrogen (secondary N) is 1. The van der Waals surface area contributed by atoms with Crippen molar-refractivity contribution in [1.29, 1.82) is 0 Å². The fourth-order valence-corrected chi connectivity index (χ4v) is 6.55. The topological polar surface area (TPSA) is 94.9 Å². The van der Waals surface area contributed by atoms with Crippen molar-refractivity contribution < 1.29 is 19.0 Å². The Morgan fingerprint density at radius 2 is 1.83 bits per heavy atom. The van der Waals surface area contributed by atoms with Gasteiger partial charge in [0.05, 0.1) is 42.8 Å². The van der Waals surface area contributed by atoms with E-state index in [4.69, 9.17) is 25.8 Å². The number of aromatic amines is 1. The number of fused-ring (bicyclic) bond motifs is 2. The largest absolute Gasteiger partial charge is 0.497 e. The van der Waals surface area contributed by atoms with Crippen molar-refractivity contribution in [1.82, 2.24) is 9.55 Å². The van der Waals surface area contributed by atoms with Crippen LogP contribution in [0.1, 0.15) is 24.1 Å². The molecule has 1 atom stereocenters. The molecule has 6 rings (SSSR count). The van der Waals surface area contributed by atoms with Gasteiger partial charge in [0.2, 0.25) is 0 Å². The van der Waals surface area contributed by atoms with Gasteiger partial charge in [-0.2, -0.15) is 0 Å². The number of aromatic nitrogens is 2. The van der Waals surface area contributed by atoms with Crippen molar-refractivity contribution in [2.45, 2.75) is 13.0 Å². The van der Waals surface area contributed by atoms with Gasteiger partial charge in [-0.3, -0.25) is 9.36 Å². The molecular weight excluding hydrogens is 574 g/mol. The highest BCUT2D eigenvalue weighted by Gasteiger charge is 2.35. The summed E-state index contributed by atoms with van der Waals surface area (Å²) < 4.78 is 18.2. The van der Waals surface area contributed by atoms with Gasteiger partial charge >= 0.3 is 5.97 Å². The number of nitrogens with zero attached hydrogens (tertiary/aromatic N) is 2. The standard InChI is InChI=1S/C32H26ClN3O5S/c1-17-27(31(38)41-4)29(23-14-19(33)10-13-25(23)40-3)36-30(37)26(42-32(36)34-17)16-22-21-15-20(39-2)11-12-24(21)35-28(22)18-8-6-5-7-9-18/h5-16,29,35H,1-4H3/b26-16-/t29-/m1/s1. The lowest BCUT2D eigenvalue weighted by Gasteiger charge is -2.25. The van der Waals surface area contributed by atoms with Crippen LogP contribution < -0.4 is 24.4 Å². The second-order valence-corrected chi connectivity index (χ2v) is 11.1. The molecule has 0 unspecified atom stereocenters. The predicted molar refractivity (Wildman–Crippen MR) is 164 cm³/mol. The molecule has 1 N–H and O–H groups in total. The number of allylic oxidation sites excluding steroid dienone is 1. The van der Waals surface area contributed by atoms with Crippen molar-refractivity contribution in [2.24, 2.45) is 4.99 Å². The summed E-state index contributed by atoms with van der Waals surface area (Å²) in [5.74, 6) is 0.585. The Balaban J connectivity index is 1.66. The number of rotatable bonds is 6. The molecule has 0 spiro atoms. The fraction of sp³-hybridized carbons (Fsp3) is 0.156. The molecule has 3 heterocycles. The van der Waals surface area contributed by atoms with E-state index >= 15 is 0 Å².